The van der Waals surface area contributed by atoms with Crippen LogP contribution in [-0.2, 0) is 16.9 Å². The summed E-state index contributed by atoms with van der Waals surface area (Å²) >= 11 is 0. The summed E-state index contributed by atoms with van der Waals surface area (Å²) in [5.41, 5.74) is 5.66. The Balaban J connectivity index is 2.27. The SMILES string of the molecule is CCC(CC)(OC)c1noc(-c2cn(CCN)cn2)n1. The molecule has 0 bridgehead atoms. The van der Waals surface area contributed by atoms with E-state index in [0.29, 0.717) is 30.5 Å². The van der Waals surface area contributed by atoms with Gasteiger partial charge in [0.05, 0.1) is 6.33 Å². The van der Waals surface area contributed by atoms with Crippen molar-refractivity contribution in [3.8, 4) is 11.6 Å². The van der Waals surface area contributed by atoms with Gasteiger partial charge in [-0.3, -0.25) is 0 Å². The normalized spacial score (nSPS) is 12.0. The molecular weight excluding hydrogens is 258 g/mol. The van der Waals surface area contributed by atoms with Crippen LogP contribution in [-0.4, -0.2) is 33.3 Å². The maximum absolute atomic E-state index is 5.59. The minimum atomic E-state index is -0.498. The fourth-order valence-electron chi connectivity index (χ4n) is 2.20. The molecule has 20 heavy (non-hydrogen) atoms. The van der Waals surface area contributed by atoms with Crippen LogP contribution in [0.3, 0.4) is 0 Å². The fourth-order valence-corrected chi connectivity index (χ4v) is 2.20. The lowest BCUT2D eigenvalue weighted by Crippen LogP contribution is -2.28. The number of hydrogen-bond acceptors (Lipinski definition) is 6. The molecule has 2 N–H and O–H groups in total. The highest BCUT2D eigenvalue weighted by molar-refractivity contribution is 5.44. The lowest BCUT2D eigenvalue weighted by molar-refractivity contribution is -0.0306. The predicted octanol–water partition coefficient (Wildman–Crippen LogP) is 1.55. The molecule has 2 rings (SSSR count). The molecule has 0 saturated heterocycles. The zero-order valence-electron chi connectivity index (χ0n) is 12.2. The van der Waals surface area contributed by atoms with Gasteiger partial charge < -0.3 is 19.6 Å². The molecule has 0 atom stereocenters. The van der Waals surface area contributed by atoms with Crippen molar-refractivity contribution in [3.05, 3.63) is 18.3 Å². The second kappa shape index (κ2) is 6.15. The zero-order chi connectivity index (χ0) is 14.6. The third-order valence-corrected chi connectivity index (χ3v) is 3.61. The van der Waals surface area contributed by atoms with Crippen molar-refractivity contribution >= 4 is 0 Å². The summed E-state index contributed by atoms with van der Waals surface area (Å²) in [6.45, 7) is 5.35. The van der Waals surface area contributed by atoms with E-state index in [-0.39, 0.29) is 0 Å². The van der Waals surface area contributed by atoms with E-state index in [1.165, 1.54) is 0 Å². The van der Waals surface area contributed by atoms with E-state index in [2.05, 4.69) is 15.1 Å². The van der Waals surface area contributed by atoms with E-state index in [1.807, 2.05) is 24.6 Å². The van der Waals surface area contributed by atoms with E-state index in [0.717, 1.165) is 12.8 Å². The molecule has 0 spiro atoms. The van der Waals surface area contributed by atoms with Crippen molar-refractivity contribution in [1.29, 1.82) is 0 Å². The fraction of sp³-hybridized carbons (Fsp3) is 0.615. The molecule has 110 valence electrons. The number of imidazole rings is 1. The first-order chi connectivity index (χ1) is 9.69. The average Bonchev–Trinajstić information content (AvgIpc) is 3.11. The van der Waals surface area contributed by atoms with Crippen molar-refractivity contribution < 1.29 is 9.26 Å². The topological polar surface area (TPSA) is 92.0 Å². The van der Waals surface area contributed by atoms with Crippen LogP contribution in [0.2, 0.25) is 0 Å². The molecule has 0 amide bonds. The van der Waals surface area contributed by atoms with Gasteiger partial charge in [0.2, 0.25) is 5.82 Å². The molecule has 0 radical (unpaired) electrons. The van der Waals surface area contributed by atoms with Crippen LogP contribution in [0.5, 0.6) is 0 Å². The highest BCUT2D eigenvalue weighted by atomic mass is 16.5. The summed E-state index contributed by atoms with van der Waals surface area (Å²) in [5, 5.41) is 4.05. The van der Waals surface area contributed by atoms with Crippen LogP contribution in [0.15, 0.2) is 17.0 Å². The number of aromatic nitrogens is 4. The molecular formula is C13H21N5O2. The summed E-state index contributed by atoms with van der Waals surface area (Å²) in [5.74, 6) is 0.965. The monoisotopic (exact) mass is 279 g/mol. The summed E-state index contributed by atoms with van der Waals surface area (Å²) in [4.78, 5) is 8.68. The first-order valence-corrected chi connectivity index (χ1v) is 6.80. The van der Waals surface area contributed by atoms with Crippen LogP contribution in [0.4, 0.5) is 0 Å². The van der Waals surface area contributed by atoms with Crippen molar-refractivity contribution in [3.63, 3.8) is 0 Å². The lowest BCUT2D eigenvalue weighted by atomic mass is 9.96. The Bertz CT molecular complexity index is 536. The second-order valence-corrected chi connectivity index (χ2v) is 4.61. The molecule has 2 aromatic heterocycles. The molecule has 7 heteroatoms. The number of hydrogen-bond donors (Lipinski definition) is 1. The minimum Gasteiger partial charge on any atom is -0.370 e. The average molecular weight is 279 g/mol. The molecule has 0 fully saturated rings. The van der Waals surface area contributed by atoms with E-state index >= 15 is 0 Å². The summed E-state index contributed by atoms with van der Waals surface area (Å²) in [6, 6.07) is 0. The number of methoxy groups -OCH3 is 1. The van der Waals surface area contributed by atoms with E-state index < -0.39 is 5.60 Å². The highest BCUT2D eigenvalue weighted by Crippen LogP contribution is 2.31. The Labute approximate surface area is 118 Å². The van der Waals surface area contributed by atoms with Gasteiger partial charge in [-0.1, -0.05) is 19.0 Å². The van der Waals surface area contributed by atoms with Crippen molar-refractivity contribution in [1.82, 2.24) is 19.7 Å². The van der Waals surface area contributed by atoms with E-state index in [9.17, 15) is 0 Å². The molecule has 0 aliphatic heterocycles. The van der Waals surface area contributed by atoms with Crippen molar-refractivity contribution in [2.75, 3.05) is 13.7 Å². The number of nitrogens with zero attached hydrogens (tertiary/aromatic N) is 4. The highest BCUT2D eigenvalue weighted by Gasteiger charge is 2.34. The van der Waals surface area contributed by atoms with Crippen LogP contribution < -0.4 is 5.73 Å². The van der Waals surface area contributed by atoms with Gasteiger partial charge in [-0.25, -0.2) is 4.98 Å². The molecule has 0 aliphatic rings. The Morgan fingerprint density at radius 1 is 1.40 bits per heavy atom. The smallest absolute Gasteiger partial charge is 0.278 e. The van der Waals surface area contributed by atoms with E-state index in [4.69, 9.17) is 15.0 Å². The van der Waals surface area contributed by atoms with Gasteiger partial charge >= 0.3 is 0 Å². The first-order valence-electron chi connectivity index (χ1n) is 6.80. The second-order valence-electron chi connectivity index (χ2n) is 4.61. The standard InChI is InChI=1S/C13H21N5O2/c1-4-13(5-2,19-3)12-16-11(20-17-12)10-8-18(7-6-14)9-15-10/h8-9H,4-7,14H2,1-3H3. The third kappa shape index (κ3) is 2.59. The zero-order valence-corrected chi connectivity index (χ0v) is 12.2. The largest absolute Gasteiger partial charge is 0.370 e. The molecule has 0 aliphatic carbocycles. The van der Waals surface area contributed by atoms with Gasteiger partial charge in [-0.15, -0.1) is 0 Å². The predicted molar refractivity (Wildman–Crippen MR) is 73.8 cm³/mol. The Hall–Kier alpha value is -1.73. The van der Waals surface area contributed by atoms with Gasteiger partial charge in [0, 0.05) is 26.4 Å². The number of ether oxygens (including phenoxy) is 1. The maximum atomic E-state index is 5.59. The molecule has 0 unspecified atom stereocenters. The lowest BCUT2D eigenvalue weighted by Gasteiger charge is -2.25. The molecule has 7 nitrogen and oxygen atoms in total. The molecule has 0 aromatic carbocycles. The van der Waals surface area contributed by atoms with Crippen LogP contribution >= 0.6 is 0 Å². The number of nitrogens with two attached hydrogens (primary N) is 1. The Morgan fingerprint density at radius 3 is 2.75 bits per heavy atom. The quantitative estimate of drug-likeness (QED) is 0.826. The van der Waals surface area contributed by atoms with Crippen LogP contribution in [0.1, 0.15) is 32.5 Å². The summed E-state index contributed by atoms with van der Waals surface area (Å²) in [6.07, 6.45) is 5.10. The van der Waals surface area contributed by atoms with Gasteiger partial charge in [-0.05, 0) is 12.8 Å². The van der Waals surface area contributed by atoms with Gasteiger partial charge in [0.15, 0.2) is 0 Å². The van der Waals surface area contributed by atoms with Gasteiger partial charge in [-0.2, -0.15) is 4.98 Å². The van der Waals surface area contributed by atoms with Crippen LogP contribution in [0.25, 0.3) is 11.6 Å². The van der Waals surface area contributed by atoms with Crippen LogP contribution in [0, 0.1) is 0 Å². The van der Waals surface area contributed by atoms with Gasteiger partial charge in [0.1, 0.15) is 11.3 Å². The molecule has 2 aromatic rings. The molecule has 2 heterocycles. The first kappa shape index (κ1) is 14.7. The van der Waals surface area contributed by atoms with E-state index in [1.54, 1.807) is 13.4 Å². The molecule has 0 saturated carbocycles. The third-order valence-electron chi connectivity index (χ3n) is 3.61. The van der Waals surface area contributed by atoms with Crippen molar-refractivity contribution in [2.45, 2.75) is 38.8 Å². The summed E-state index contributed by atoms with van der Waals surface area (Å²) in [7, 11) is 1.67. The Morgan fingerprint density at radius 2 is 2.15 bits per heavy atom. The maximum Gasteiger partial charge on any atom is 0.278 e. The minimum absolute atomic E-state index is 0.402. The van der Waals surface area contributed by atoms with Gasteiger partial charge in [0.25, 0.3) is 5.89 Å². The number of rotatable bonds is 7. The van der Waals surface area contributed by atoms with Crippen molar-refractivity contribution in [2.24, 2.45) is 5.73 Å². The summed E-state index contributed by atoms with van der Waals surface area (Å²) < 4.78 is 12.8. The Kier molecular flexibility index (Phi) is 4.51.